The Morgan fingerprint density at radius 2 is 1.97 bits per heavy atom. The number of aromatic nitrogens is 1. The normalized spacial score (nSPS) is 15.9. The van der Waals surface area contributed by atoms with Crippen LogP contribution in [0.4, 0.5) is 9.52 Å². The predicted octanol–water partition coefficient (Wildman–Crippen LogP) is 5.17. The lowest BCUT2D eigenvalue weighted by Crippen LogP contribution is -2.37. The van der Waals surface area contributed by atoms with Gasteiger partial charge in [-0.15, -0.1) is 0 Å². The van der Waals surface area contributed by atoms with Gasteiger partial charge in [0.15, 0.2) is 5.13 Å². The van der Waals surface area contributed by atoms with Gasteiger partial charge in [0.05, 0.1) is 16.8 Å². The summed E-state index contributed by atoms with van der Waals surface area (Å²) in [7, 11) is 0. The largest absolute Gasteiger partial charge is 0.508 e. The van der Waals surface area contributed by atoms with Crippen molar-refractivity contribution in [1.82, 2.24) is 10.3 Å². The minimum absolute atomic E-state index is 0.247. The van der Waals surface area contributed by atoms with E-state index in [1.54, 1.807) is 35.6 Å². The van der Waals surface area contributed by atoms with Gasteiger partial charge in [-0.05, 0) is 93.6 Å². The number of halogens is 1. The first-order valence-corrected chi connectivity index (χ1v) is 11.4. The number of nitrogens with one attached hydrogen (secondary N) is 2. The Hall–Kier alpha value is -2.38. The van der Waals surface area contributed by atoms with Gasteiger partial charge in [-0.3, -0.25) is 0 Å². The fraction of sp³-hybridized carbons (Fsp3) is 0.435. The maximum atomic E-state index is 13.0. The number of piperidine rings is 1. The van der Waals surface area contributed by atoms with Gasteiger partial charge in [-0.2, -0.15) is 0 Å². The van der Waals surface area contributed by atoms with Crippen molar-refractivity contribution in [3.63, 3.8) is 0 Å². The molecule has 0 spiro atoms. The molecule has 0 bridgehead atoms. The molecule has 1 aliphatic rings. The molecule has 7 heteroatoms. The van der Waals surface area contributed by atoms with Crippen molar-refractivity contribution in [2.24, 2.45) is 5.92 Å². The van der Waals surface area contributed by atoms with Crippen molar-refractivity contribution in [3.8, 4) is 11.5 Å². The Bertz CT molecular complexity index is 941. The van der Waals surface area contributed by atoms with E-state index in [2.05, 4.69) is 10.6 Å². The number of hydrogen-bond acceptors (Lipinski definition) is 6. The second kappa shape index (κ2) is 10.1. The van der Waals surface area contributed by atoms with E-state index in [-0.39, 0.29) is 11.6 Å². The van der Waals surface area contributed by atoms with E-state index >= 15 is 0 Å². The number of anilines is 1. The first kappa shape index (κ1) is 20.9. The predicted molar refractivity (Wildman–Crippen MR) is 120 cm³/mol. The van der Waals surface area contributed by atoms with E-state index in [0.29, 0.717) is 24.3 Å². The maximum absolute atomic E-state index is 13.0. The zero-order chi connectivity index (χ0) is 20.8. The number of nitrogens with zero attached hydrogens (tertiary/aromatic N) is 1. The van der Waals surface area contributed by atoms with Crippen LogP contribution in [0.2, 0.25) is 0 Å². The van der Waals surface area contributed by atoms with E-state index in [1.807, 2.05) is 6.07 Å². The molecule has 1 aromatic heterocycles. The summed E-state index contributed by atoms with van der Waals surface area (Å²) in [6.45, 7) is 2.75. The van der Waals surface area contributed by atoms with Crippen LogP contribution < -0.4 is 15.4 Å². The van der Waals surface area contributed by atoms with Crippen LogP contribution >= 0.6 is 11.3 Å². The summed E-state index contributed by atoms with van der Waals surface area (Å²) in [5.74, 6) is 1.35. The molecule has 0 saturated carbocycles. The van der Waals surface area contributed by atoms with Gasteiger partial charge in [0, 0.05) is 6.04 Å². The Kier molecular flexibility index (Phi) is 7.02. The van der Waals surface area contributed by atoms with Crippen LogP contribution in [0.25, 0.3) is 10.2 Å². The molecule has 4 rings (SSSR count). The van der Waals surface area contributed by atoms with Crippen molar-refractivity contribution >= 4 is 26.7 Å². The summed E-state index contributed by atoms with van der Waals surface area (Å²) in [5, 5.41) is 17.8. The monoisotopic (exact) mass is 429 g/mol. The summed E-state index contributed by atoms with van der Waals surface area (Å²) >= 11 is 1.59. The number of aromatic hydroxyl groups is 1. The van der Waals surface area contributed by atoms with Gasteiger partial charge in [-0.1, -0.05) is 11.3 Å². The number of ether oxygens (including phenoxy) is 1. The van der Waals surface area contributed by atoms with Crippen molar-refractivity contribution in [2.45, 2.75) is 38.1 Å². The number of phenols is 1. The van der Waals surface area contributed by atoms with Gasteiger partial charge >= 0.3 is 0 Å². The lowest BCUT2D eigenvalue weighted by atomic mass is 9.87. The van der Waals surface area contributed by atoms with Gasteiger partial charge in [-0.25, -0.2) is 9.37 Å². The molecule has 160 valence electrons. The van der Waals surface area contributed by atoms with Crippen LogP contribution in [0, 0.1) is 11.7 Å². The topological polar surface area (TPSA) is 66.4 Å². The van der Waals surface area contributed by atoms with Gasteiger partial charge in [0.25, 0.3) is 0 Å². The quantitative estimate of drug-likeness (QED) is 0.410. The maximum Gasteiger partial charge on any atom is 0.184 e. The SMILES string of the molecule is Oc1ccc2nc(NC(CCCCOc3ccc(F)cc3)C3CCNCC3)sc2c1. The standard InChI is InChI=1S/C23H28FN3O2S/c24-17-4-7-19(8-5-17)29-14-2-1-3-20(16-10-12-25-13-11-16)26-23-27-21-9-6-18(28)15-22(21)30-23/h4-9,15-16,20,25,28H,1-3,10-14H2,(H,26,27). The highest BCUT2D eigenvalue weighted by molar-refractivity contribution is 7.22. The van der Waals surface area contributed by atoms with Gasteiger partial charge < -0.3 is 20.5 Å². The minimum atomic E-state index is -0.247. The van der Waals surface area contributed by atoms with Crippen LogP contribution in [0.15, 0.2) is 42.5 Å². The molecule has 1 aliphatic heterocycles. The first-order valence-electron chi connectivity index (χ1n) is 10.6. The average molecular weight is 430 g/mol. The molecule has 2 aromatic carbocycles. The third kappa shape index (κ3) is 5.61. The molecule has 0 amide bonds. The molecular weight excluding hydrogens is 401 g/mol. The third-order valence-electron chi connectivity index (χ3n) is 5.63. The molecule has 0 radical (unpaired) electrons. The fourth-order valence-electron chi connectivity index (χ4n) is 3.99. The van der Waals surface area contributed by atoms with Crippen molar-refractivity contribution in [2.75, 3.05) is 25.0 Å². The number of fused-ring (bicyclic) bond motifs is 1. The molecule has 30 heavy (non-hydrogen) atoms. The number of thiazole rings is 1. The van der Waals surface area contributed by atoms with E-state index in [4.69, 9.17) is 9.72 Å². The zero-order valence-corrected chi connectivity index (χ0v) is 17.8. The van der Waals surface area contributed by atoms with Crippen LogP contribution in [-0.2, 0) is 0 Å². The summed E-state index contributed by atoms with van der Waals surface area (Å²) in [6, 6.07) is 11.8. The third-order valence-corrected chi connectivity index (χ3v) is 6.57. The van der Waals surface area contributed by atoms with Gasteiger partial charge in [0.1, 0.15) is 17.3 Å². The van der Waals surface area contributed by atoms with Crippen molar-refractivity contribution in [3.05, 3.63) is 48.3 Å². The second-order valence-corrected chi connectivity index (χ2v) is 8.84. The molecule has 1 atom stereocenters. The number of benzene rings is 2. The molecule has 1 saturated heterocycles. The molecule has 5 nitrogen and oxygen atoms in total. The van der Waals surface area contributed by atoms with Gasteiger partial charge in [0.2, 0.25) is 0 Å². The highest BCUT2D eigenvalue weighted by Gasteiger charge is 2.24. The van der Waals surface area contributed by atoms with E-state index in [1.165, 1.54) is 12.1 Å². The smallest absolute Gasteiger partial charge is 0.184 e. The summed E-state index contributed by atoms with van der Waals surface area (Å²) < 4.78 is 19.7. The first-order chi connectivity index (χ1) is 14.7. The lowest BCUT2D eigenvalue weighted by Gasteiger charge is -2.31. The lowest BCUT2D eigenvalue weighted by molar-refractivity contribution is 0.286. The molecule has 1 fully saturated rings. The average Bonchev–Trinajstić information content (AvgIpc) is 3.16. The number of rotatable bonds is 9. The Labute approximate surface area is 180 Å². The number of unbranched alkanes of at least 4 members (excludes halogenated alkanes) is 1. The zero-order valence-electron chi connectivity index (χ0n) is 16.9. The number of phenolic OH excluding ortho intramolecular Hbond substituents is 1. The Balaban J connectivity index is 1.32. The molecule has 1 unspecified atom stereocenters. The summed E-state index contributed by atoms with van der Waals surface area (Å²) in [5.41, 5.74) is 0.914. The molecule has 3 N–H and O–H groups in total. The van der Waals surface area contributed by atoms with E-state index in [0.717, 1.165) is 60.5 Å². The molecule has 0 aliphatic carbocycles. The summed E-state index contributed by atoms with van der Waals surface area (Å²) in [4.78, 5) is 4.70. The molecule has 2 heterocycles. The van der Waals surface area contributed by atoms with Crippen molar-refractivity contribution < 1.29 is 14.2 Å². The number of hydrogen-bond donors (Lipinski definition) is 3. The summed E-state index contributed by atoms with van der Waals surface area (Å²) in [6.07, 6.45) is 5.38. The molecule has 3 aromatic rings. The Morgan fingerprint density at radius 1 is 1.17 bits per heavy atom. The highest BCUT2D eigenvalue weighted by atomic mass is 32.1. The Morgan fingerprint density at radius 3 is 2.77 bits per heavy atom. The fourth-order valence-corrected chi connectivity index (χ4v) is 4.95. The van der Waals surface area contributed by atoms with Crippen LogP contribution in [0.3, 0.4) is 0 Å². The van der Waals surface area contributed by atoms with E-state index < -0.39 is 0 Å². The second-order valence-electron chi connectivity index (χ2n) is 7.81. The van der Waals surface area contributed by atoms with Crippen LogP contribution in [-0.4, -0.2) is 35.8 Å². The van der Waals surface area contributed by atoms with Crippen LogP contribution in [0.1, 0.15) is 32.1 Å². The van der Waals surface area contributed by atoms with Crippen LogP contribution in [0.5, 0.6) is 11.5 Å². The highest BCUT2D eigenvalue weighted by Crippen LogP contribution is 2.31. The van der Waals surface area contributed by atoms with Crippen molar-refractivity contribution in [1.29, 1.82) is 0 Å². The molecular formula is C23H28FN3O2S. The minimum Gasteiger partial charge on any atom is -0.508 e. The van der Waals surface area contributed by atoms with E-state index in [9.17, 15) is 9.50 Å².